The summed E-state index contributed by atoms with van der Waals surface area (Å²) in [6, 6.07) is 68.9. The van der Waals surface area contributed by atoms with E-state index >= 15 is 0 Å². The zero-order valence-corrected chi connectivity index (χ0v) is 39.5. The van der Waals surface area contributed by atoms with Gasteiger partial charge in [-0.05, 0) is 120 Å². The second kappa shape index (κ2) is 17.0. The molecule has 2 aromatic heterocycles. The average molecular weight is 890 g/mol. The molecule has 6 heteroatoms. The average Bonchev–Trinajstić information content (AvgIpc) is 3.95. The molecule has 1 atom stereocenters. The number of fused-ring (bicyclic) bond motifs is 9. The van der Waals surface area contributed by atoms with Gasteiger partial charge in [0.15, 0.2) is 0 Å². The molecule has 322 valence electrons. The Morgan fingerprint density at radius 1 is 0.530 bits per heavy atom. The Kier molecular flexibility index (Phi) is 10.5. The van der Waals surface area contributed by atoms with Gasteiger partial charge in [0.05, 0.1) is 22.7 Å². The van der Waals surface area contributed by atoms with Crippen LogP contribution in [-0.2, 0) is 6.42 Å². The first kappa shape index (κ1) is 40.9. The van der Waals surface area contributed by atoms with Gasteiger partial charge in [-0.1, -0.05) is 149 Å². The van der Waals surface area contributed by atoms with E-state index in [1.807, 2.05) is 22.7 Å². The summed E-state index contributed by atoms with van der Waals surface area (Å²) in [6.07, 6.45) is 6.99. The van der Waals surface area contributed by atoms with Crippen molar-refractivity contribution in [3.63, 3.8) is 0 Å². The molecule has 0 saturated heterocycles. The zero-order valence-electron chi connectivity index (χ0n) is 37.9. The highest BCUT2D eigenvalue weighted by Crippen LogP contribution is 2.53. The topological polar surface area (TPSA) is 9.72 Å². The minimum atomic E-state index is 0.0520. The Labute approximate surface area is 397 Å². The first-order valence-corrected chi connectivity index (χ1v) is 25.6. The minimum absolute atomic E-state index is 0.0520. The van der Waals surface area contributed by atoms with Crippen molar-refractivity contribution in [1.29, 1.82) is 0 Å². The van der Waals surface area contributed by atoms with E-state index in [1.54, 1.807) is 0 Å². The Morgan fingerprint density at radius 2 is 1.09 bits per heavy atom. The third-order valence-electron chi connectivity index (χ3n) is 14.1. The Balaban J connectivity index is 1.20. The smallest absolute Gasteiger partial charge is 0.277 e. The lowest BCUT2D eigenvalue weighted by Gasteiger charge is -2.43. The summed E-state index contributed by atoms with van der Waals surface area (Å²) in [5.41, 5.74) is 15.0. The number of aryl methyl sites for hydroxylation is 1. The summed E-state index contributed by atoms with van der Waals surface area (Å²) in [5, 5.41) is 5.05. The molecule has 0 amide bonds. The molecule has 10 aromatic rings. The molecule has 0 spiro atoms. The van der Waals surface area contributed by atoms with Crippen molar-refractivity contribution < 1.29 is 0 Å². The van der Waals surface area contributed by atoms with E-state index in [1.165, 1.54) is 117 Å². The highest BCUT2D eigenvalue weighted by Gasteiger charge is 2.47. The van der Waals surface area contributed by atoms with Crippen LogP contribution in [0, 0.1) is 0 Å². The predicted molar refractivity (Wildman–Crippen MR) is 290 cm³/mol. The third-order valence-corrected chi connectivity index (χ3v) is 16.6. The fraction of sp³-hybridized carbons (Fsp3) is 0.167. The van der Waals surface area contributed by atoms with Crippen LogP contribution in [0.1, 0.15) is 69.9 Å². The summed E-state index contributed by atoms with van der Waals surface area (Å²) in [4.78, 5) is 7.76. The highest BCUT2D eigenvalue weighted by molar-refractivity contribution is 7.40. The van der Waals surface area contributed by atoms with Crippen LogP contribution in [0.3, 0.4) is 0 Å². The van der Waals surface area contributed by atoms with Gasteiger partial charge in [0, 0.05) is 63.5 Å². The molecule has 1 unspecified atom stereocenters. The number of unbranched alkanes of at least 4 members (excludes halogenated alkanes) is 1. The lowest BCUT2D eigenvalue weighted by atomic mass is 9.39. The second-order valence-corrected chi connectivity index (χ2v) is 20.2. The molecular weight excluding hydrogens is 838 g/mol. The normalized spacial score (nSPS) is 13.3. The minimum Gasteiger partial charge on any atom is -0.310 e. The number of nitrogens with zero attached hydrogens (tertiary/aromatic N) is 3. The standard InChI is InChI=1S/C60H52BN3S2/c1-4-7-19-40-30-34-45(35-31-40)63-52-38-47(62(44-22-9-8-10-23-44)51-27-17-21-43-20-11-12-24-48(43)51)39-53-56(52)61(59-57(63)49-25-13-15-28-54(49)65-59)60-58(50-26-14-16-29-55(50)66-60)64(53)46-36-32-42(33-37-46)41(6-3)18-5-2/h8-17,20-39,41H,4-7,18-19H2,1-3H3. The molecule has 0 N–H and O–H groups in total. The molecule has 2 aliphatic heterocycles. The van der Waals surface area contributed by atoms with Crippen LogP contribution in [0.15, 0.2) is 182 Å². The number of rotatable bonds is 12. The Morgan fingerprint density at radius 3 is 1.70 bits per heavy atom. The van der Waals surface area contributed by atoms with Crippen LogP contribution < -0.4 is 29.7 Å². The van der Waals surface area contributed by atoms with Crippen molar-refractivity contribution in [2.75, 3.05) is 14.7 Å². The van der Waals surface area contributed by atoms with E-state index in [-0.39, 0.29) is 6.71 Å². The van der Waals surface area contributed by atoms with Crippen LogP contribution >= 0.6 is 22.7 Å². The fourth-order valence-corrected chi connectivity index (χ4v) is 13.7. The van der Waals surface area contributed by atoms with Crippen LogP contribution in [0.2, 0.25) is 0 Å². The van der Waals surface area contributed by atoms with Gasteiger partial charge in [-0.2, -0.15) is 0 Å². The maximum atomic E-state index is 2.63. The van der Waals surface area contributed by atoms with Gasteiger partial charge in [0.2, 0.25) is 0 Å². The molecule has 2 aliphatic rings. The number of para-hydroxylation sites is 1. The summed E-state index contributed by atoms with van der Waals surface area (Å²) >= 11 is 3.95. The molecule has 0 saturated carbocycles. The van der Waals surface area contributed by atoms with Crippen molar-refractivity contribution in [1.82, 2.24) is 0 Å². The second-order valence-electron chi connectivity index (χ2n) is 18.0. The van der Waals surface area contributed by atoms with Crippen molar-refractivity contribution in [2.24, 2.45) is 0 Å². The summed E-state index contributed by atoms with van der Waals surface area (Å²) in [6.45, 7) is 6.98. The van der Waals surface area contributed by atoms with E-state index in [0.717, 1.165) is 29.9 Å². The maximum Gasteiger partial charge on any atom is 0.277 e. The van der Waals surface area contributed by atoms with Gasteiger partial charge < -0.3 is 14.7 Å². The lowest BCUT2D eigenvalue weighted by molar-refractivity contribution is 0.596. The van der Waals surface area contributed by atoms with Crippen LogP contribution in [-0.4, -0.2) is 6.71 Å². The van der Waals surface area contributed by atoms with Crippen LogP contribution in [0.5, 0.6) is 0 Å². The van der Waals surface area contributed by atoms with Crippen molar-refractivity contribution >= 4 is 127 Å². The molecule has 8 aromatic carbocycles. The van der Waals surface area contributed by atoms with Gasteiger partial charge in [-0.15, -0.1) is 22.7 Å². The molecular formula is C60H52BN3S2. The van der Waals surface area contributed by atoms with Crippen molar-refractivity contribution in [3.05, 3.63) is 193 Å². The first-order chi connectivity index (χ1) is 32.6. The predicted octanol–water partition coefficient (Wildman–Crippen LogP) is 16.5. The first-order valence-electron chi connectivity index (χ1n) is 24.0. The molecule has 0 fully saturated rings. The Hall–Kier alpha value is -6.60. The summed E-state index contributed by atoms with van der Waals surface area (Å²) in [7, 11) is 0. The highest BCUT2D eigenvalue weighted by atomic mass is 32.1. The molecule has 0 aliphatic carbocycles. The molecule has 12 rings (SSSR count). The molecule has 3 nitrogen and oxygen atoms in total. The monoisotopic (exact) mass is 889 g/mol. The van der Waals surface area contributed by atoms with E-state index < -0.39 is 0 Å². The number of hydrogen-bond donors (Lipinski definition) is 0. The van der Waals surface area contributed by atoms with Crippen LogP contribution in [0.4, 0.5) is 51.2 Å². The molecule has 4 heterocycles. The van der Waals surface area contributed by atoms with Gasteiger partial charge in [0.1, 0.15) is 0 Å². The lowest BCUT2D eigenvalue weighted by Crippen LogP contribution is -2.59. The zero-order chi connectivity index (χ0) is 44.3. The molecule has 0 bridgehead atoms. The van der Waals surface area contributed by atoms with Gasteiger partial charge >= 0.3 is 0 Å². The summed E-state index contributed by atoms with van der Waals surface area (Å²) in [5.74, 6) is 0.553. The molecule has 0 radical (unpaired) electrons. The number of anilines is 9. The SMILES string of the molecule is CCCCc1ccc(N2c3cc(N(c4ccccc4)c4cccc5ccccc45)cc4c3B(c3sc5ccccc5c32)c2sc3ccccc3c2N4c2ccc(C(CC)CCC)cc2)cc1. The quantitative estimate of drug-likeness (QED) is 0.113. The molecule has 66 heavy (non-hydrogen) atoms. The summed E-state index contributed by atoms with van der Waals surface area (Å²) < 4.78 is 5.47. The third kappa shape index (κ3) is 6.68. The van der Waals surface area contributed by atoms with E-state index in [4.69, 9.17) is 0 Å². The number of benzene rings is 8. The van der Waals surface area contributed by atoms with Gasteiger partial charge in [0.25, 0.3) is 6.71 Å². The van der Waals surface area contributed by atoms with E-state index in [2.05, 4.69) is 217 Å². The largest absolute Gasteiger partial charge is 0.310 e. The van der Waals surface area contributed by atoms with Gasteiger partial charge in [-0.3, -0.25) is 0 Å². The Bertz CT molecular complexity index is 3380. The maximum absolute atomic E-state index is 2.63. The number of hydrogen-bond acceptors (Lipinski definition) is 5. The van der Waals surface area contributed by atoms with E-state index in [9.17, 15) is 0 Å². The van der Waals surface area contributed by atoms with E-state index in [0.29, 0.717) is 5.92 Å². The fourth-order valence-electron chi connectivity index (χ4n) is 11.0. The van der Waals surface area contributed by atoms with Crippen molar-refractivity contribution in [3.8, 4) is 0 Å². The van der Waals surface area contributed by atoms with Crippen molar-refractivity contribution in [2.45, 2.75) is 65.2 Å². The van der Waals surface area contributed by atoms with Crippen LogP contribution in [0.25, 0.3) is 30.9 Å². The number of thiophene rings is 2. The van der Waals surface area contributed by atoms with Gasteiger partial charge in [-0.25, -0.2) is 0 Å².